The molecule has 0 saturated carbocycles. The molecule has 1 aromatic carbocycles. The van der Waals surface area contributed by atoms with Gasteiger partial charge in [0.1, 0.15) is 0 Å². The van der Waals surface area contributed by atoms with Crippen molar-refractivity contribution in [3.63, 3.8) is 0 Å². The Morgan fingerprint density at radius 2 is 2.00 bits per heavy atom. The second kappa shape index (κ2) is 8.15. The lowest BCUT2D eigenvalue weighted by Crippen LogP contribution is -2.41. The first kappa shape index (κ1) is 18.3. The number of nitrogens with one attached hydrogen (secondary N) is 1. The molecule has 1 aromatic rings. The Kier molecular flexibility index (Phi) is 6.48. The Balaban J connectivity index is 2.15. The number of hydrogen-bond acceptors (Lipinski definition) is 2. The first-order chi connectivity index (χ1) is 10.9. The van der Waals surface area contributed by atoms with Crippen LogP contribution in [0, 0.1) is 0 Å². The van der Waals surface area contributed by atoms with Crippen LogP contribution < -0.4 is 5.32 Å². The van der Waals surface area contributed by atoms with E-state index in [1.807, 2.05) is 13.0 Å². The number of fused-ring (bicyclic) bond motifs is 1. The maximum atomic E-state index is 12.8. The van der Waals surface area contributed by atoms with Gasteiger partial charge in [0.15, 0.2) is 0 Å². The minimum atomic E-state index is -4.13. The number of rotatable bonds is 7. The van der Waals surface area contributed by atoms with Crippen LogP contribution in [0.3, 0.4) is 0 Å². The minimum Gasteiger partial charge on any atom is -0.313 e. The largest absolute Gasteiger partial charge is 0.401 e. The third-order valence-corrected chi connectivity index (χ3v) is 4.38. The molecular formula is C18H27F3N2. The molecule has 0 saturated heterocycles. The van der Waals surface area contributed by atoms with Crippen molar-refractivity contribution in [3.8, 4) is 0 Å². The average molecular weight is 328 g/mol. The number of nitrogens with zero attached hydrogens (tertiary/aromatic N) is 1. The molecule has 1 aliphatic rings. The summed E-state index contributed by atoms with van der Waals surface area (Å²) in [4.78, 5) is 1.60. The predicted octanol–water partition coefficient (Wildman–Crippen LogP) is 4.45. The molecule has 1 atom stereocenters. The van der Waals surface area contributed by atoms with Crippen molar-refractivity contribution in [3.05, 3.63) is 34.9 Å². The maximum absolute atomic E-state index is 12.8. The van der Waals surface area contributed by atoms with Crippen LogP contribution in [0.25, 0.3) is 0 Å². The van der Waals surface area contributed by atoms with Gasteiger partial charge in [-0.2, -0.15) is 13.2 Å². The number of benzene rings is 1. The van der Waals surface area contributed by atoms with Crippen LogP contribution >= 0.6 is 0 Å². The van der Waals surface area contributed by atoms with Gasteiger partial charge in [0.05, 0.1) is 6.54 Å². The number of alkyl halides is 3. The topological polar surface area (TPSA) is 15.3 Å². The fraction of sp³-hybridized carbons (Fsp3) is 0.667. The molecule has 1 unspecified atom stereocenters. The van der Waals surface area contributed by atoms with Crippen molar-refractivity contribution in [2.75, 3.05) is 19.6 Å². The monoisotopic (exact) mass is 328 g/mol. The van der Waals surface area contributed by atoms with Crippen LogP contribution in [0.15, 0.2) is 18.2 Å². The van der Waals surface area contributed by atoms with E-state index in [0.29, 0.717) is 13.0 Å². The highest BCUT2D eigenvalue weighted by molar-refractivity contribution is 5.36. The van der Waals surface area contributed by atoms with Crippen LogP contribution in [-0.4, -0.2) is 30.7 Å². The van der Waals surface area contributed by atoms with Gasteiger partial charge < -0.3 is 5.32 Å². The molecule has 5 heteroatoms. The molecule has 1 heterocycles. The van der Waals surface area contributed by atoms with E-state index < -0.39 is 12.7 Å². The zero-order valence-electron chi connectivity index (χ0n) is 14.0. The third-order valence-electron chi connectivity index (χ3n) is 4.38. The van der Waals surface area contributed by atoms with E-state index >= 15 is 0 Å². The molecule has 130 valence electrons. The standard InChI is InChI=1S/C18H27F3N2/c1-3-5-17-16-7-6-14(12-22-9-4-2)11-15(16)8-10-23(17)13-18(19,20)21/h6-7,11,17,22H,3-5,8-10,12-13H2,1-2H3. The van der Waals surface area contributed by atoms with Gasteiger partial charge >= 0.3 is 6.18 Å². The van der Waals surface area contributed by atoms with E-state index in [4.69, 9.17) is 0 Å². The van der Waals surface area contributed by atoms with Crippen LogP contribution in [0.4, 0.5) is 13.2 Å². The highest BCUT2D eigenvalue weighted by Crippen LogP contribution is 2.35. The Labute approximate surface area is 137 Å². The van der Waals surface area contributed by atoms with Crippen LogP contribution in [0.5, 0.6) is 0 Å². The van der Waals surface area contributed by atoms with Gasteiger partial charge in [-0.3, -0.25) is 4.90 Å². The Morgan fingerprint density at radius 1 is 1.22 bits per heavy atom. The molecule has 0 fully saturated rings. The summed E-state index contributed by atoms with van der Waals surface area (Å²) in [5.74, 6) is 0. The van der Waals surface area contributed by atoms with E-state index in [1.165, 1.54) is 11.1 Å². The summed E-state index contributed by atoms with van der Waals surface area (Å²) in [6.07, 6.45) is -0.675. The van der Waals surface area contributed by atoms with E-state index in [2.05, 4.69) is 24.4 Å². The van der Waals surface area contributed by atoms with Crippen molar-refractivity contribution in [2.24, 2.45) is 0 Å². The lowest BCUT2D eigenvalue weighted by Gasteiger charge is -2.38. The summed E-state index contributed by atoms with van der Waals surface area (Å²) in [7, 11) is 0. The van der Waals surface area contributed by atoms with Crippen molar-refractivity contribution in [2.45, 2.75) is 58.3 Å². The van der Waals surface area contributed by atoms with Gasteiger partial charge in [-0.05, 0) is 42.5 Å². The summed E-state index contributed by atoms with van der Waals surface area (Å²) in [5.41, 5.74) is 3.52. The molecule has 2 nitrogen and oxygen atoms in total. The zero-order chi connectivity index (χ0) is 16.9. The third kappa shape index (κ3) is 5.21. The summed E-state index contributed by atoms with van der Waals surface area (Å²) in [5, 5.41) is 3.38. The van der Waals surface area contributed by atoms with Crippen molar-refractivity contribution < 1.29 is 13.2 Å². The molecule has 0 radical (unpaired) electrons. The maximum Gasteiger partial charge on any atom is 0.401 e. The van der Waals surface area contributed by atoms with Gasteiger partial charge in [-0.15, -0.1) is 0 Å². The number of halogens is 3. The Hall–Kier alpha value is -1.07. The summed E-state index contributed by atoms with van der Waals surface area (Å²) < 4.78 is 38.5. The fourth-order valence-corrected chi connectivity index (χ4v) is 3.37. The van der Waals surface area contributed by atoms with E-state index in [-0.39, 0.29) is 6.04 Å². The molecule has 0 bridgehead atoms. The molecule has 0 aromatic heterocycles. The normalized spacial score (nSPS) is 18.9. The average Bonchev–Trinajstić information content (AvgIpc) is 2.48. The molecule has 2 rings (SSSR count). The van der Waals surface area contributed by atoms with Gasteiger partial charge in [0, 0.05) is 19.1 Å². The van der Waals surface area contributed by atoms with Crippen molar-refractivity contribution in [1.29, 1.82) is 0 Å². The minimum absolute atomic E-state index is 0.108. The van der Waals surface area contributed by atoms with E-state index in [9.17, 15) is 13.2 Å². The van der Waals surface area contributed by atoms with Crippen LogP contribution in [0.2, 0.25) is 0 Å². The predicted molar refractivity (Wildman–Crippen MR) is 87.4 cm³/mol. The van der Waals surface area contributed by atoms with Crippen molar-refractivity contribution in [1.82, 2.24) is 10.2 Å². The first-order valence-electron chi connectivity index (χ1n) is 8.57. The quantitative estimate of drug-likeness (QED) is 0.744. The molecule has 1 N–H and O–H groups in total. The van der Waals surface area contributed by atoms with Gasteiger partial charge in [-0.1, -0.05) is 38.5 Å². The second-order valence-electron chi connectivity index (χ2n) is 6.35. The van der Waals surface area contributed by atoms with Crippen LogP contribution in [0.1, 0.15) is 55.8 Å². The molecule has 23 heavy (non-hydrogen) atoms. The smallest absolute Gasteiger partial charge is 0.313 e. The molecular weight excluding hydrogens is 301 g/mol. The molecule has 0 aliphatic carbocycles. The molecule has 0 spiro atoms. The second-order valence-corrected chi connectivity index (χ2v) is 6.35. The van der Waals surface area contributed by atoms with Gasteiger partial charge in [0.25, 0.3) is 0 Å². The first-order valence-corrected chi connectivity index (χ1v) is 8.57. The lowest BCUT2D eigenvalue weighted by atomic mass is 9.88. The summed E-state index contributed by atoms with van der Waals surface area (Å²) in [6, 6.07) is 6.16. The van der Waals surface area contributed by atoms with E-state index in [1.54, 1.807) is 4.90 Å². The molecule has 1 aliphatic heterocycles. The zero-order valence-corrected chi connectivity index (χ0v) is 14.0. The highest BCUT2D eigenvalue weighted by Gasteiger charge is 2.36. The fourth-order valence-electron chi connectivity index (χ4n) is 3.37. The highest BCUT2D eigenvalue weighted by atomic mass is 19.4. The summed E-state index contributed by atoms with van der Waals surface area (Å²) >= 11 is 0. The van der Waals surface area contributed by atoms with Gasteiger partial charge in [0.2, 0.25) is 0 Å². The summed E-state index contributed by atoms with van der Waals surface area (Å²) in [6.45, 7) is 5.65. The number of hydrogen-bond donors (Lipinski definition) is 1. The van der Waals surface area contributed by atoms with Gasteiger partial charge in [-0.25, -0.2) is 0 Å². The lowest BCUT2D eigenvalue weighted by molar-refractivity contribution is -0.152. The Bertz CT molecular complexity index is 500. The Morgan fingerprint density at radius 3 is 2.65 bits per heavy atom. The van der Waals surface area contributed by atoms with E-state index in [0.717, 1.165) is 37.9 Å². The van der Waals surface area contributed by atoms with Crippen LogP contribution in [-0.2, 0) is 13.0 Å². The molecule has 0 amide bonds. The van der Waals surface area contributed by atoms with Crippen molar-refractivity contribution >= 4 is 0 Å². The SMILES string of the molecule is CCCNCc1ccc2c(c1)CCN(CC(F)(F)F)C2CCC.